The zero-order valence-electron chi connectivity index (χ0n) is 51.7. The number of fused-ring (bicyclic) bond motifs is 5. The van der Waals surface area contributed by atoms with E-state index in [9.17, 15) is 0 Å². The standard InChI is InChI=1S/C73H76N4S10.2W/c1-7-13-17-19-23-47-25-31-57(78-47)59-37-39-63(82-59)61-35-33-55(80-61)49-27-29-51(69-67(49)74-86-76-69)65-41-53-71(84-65)72-54(73(53,43-45(11-5)21-15-9-3)44-46(12-6)22-16-10-4)42-66(85-72)52-30-28-50(68-70(52)77-87-75-68)56-34-36-62(81-56)64-40-38-60(83-64)58-32-26-48(79-58)24-20-18-14-8-2;;/h25-26,29-42,45-46H,7-24,43-44H2,1-6H3;;/q-2;;. The molecule has 0 saturated heterocycles. The second kappa shape index (κ2) is 31.1. The van der Waals surface area contributed by atoms with Crippen LogP contribution in [0.1, 0.15) is 178 Å². The van der Waals surface area contributed by atoms with E-state index in [4.69, 9.17) is 17.5 Å². The van der Waals surface area contributed by atoms with Gasteiger partial charge in [0.1, 0.15) is 0 Å². The molecule has 0 saturated carbocycles. The van der Waals surface area contributed by atoms with Crippen LogP contribution in [0.4, 0.5) is 0 Å². The average Bonchev–Trinajstić information content (AvgIpc) is 1.55. The summed E-state index contributed by atoms with van der Waals surface area (Å²) in [7, 11) is 0. The average molecular weight is 1700 g/mol. The van der Waals surface area contributed by atoms with Gasteiger partial charge in [-0.05, 0) is 142 Å². The fraction of sp³-hybridized carbons (Fsp3) is 0.397. The molecule has 1 aliphatic rings. The van der Waals surface area contributed by atoms with Crippen LogP contribution in [0.5, 0.6) is 0 Å². The van der Waals surface area contributed by atoms with Crippen molar-refractivity contribution >= 4 is 136 Å². The summed E-state index contributed by atoms with van der Waals surface area (Å²) in [5, 5.41) is 0. The van der Waals surface area contributed by atoms with Gasteiger partial charge in [-0.1, -0.05) is 167 Å². The van der Waals surface area contributed by atoms with E-state index < -0.39 is 0 Å². The SMILES string of the molecule is CCCCCCc1ccc(-c2ccc(-c3ccc(-c4[c-]cc(-c5cc6c(s5)-c5sc(-c7c[c-]c(-c8ccc(-c9ccc(-c%10ccc(CCCCCC)s%10)s9)s8)c8nsnc78)cc5C6(CC(CC)CCCC)CC(CC)CCCC)c5nsnc45)s3)s2)s1.[W].[W]. The second-order valence-corrected chi connectivity index (χ2v) is 33.7. The smallest absolute Gasteiger partial charge is 0.0572 e. The molecular weight excluding hydrogens is 1620 g/mol. The number of hydrogen-bond donors (Lipinski definition) is 0. The first-order valence-corrected chi connectivity index (χ1v) is 40.0. The van der Waals surface area contributed by atoms with Crippen LogP contribution in [0.3, 0.4) is 0 Å². The monoisotopic (exact) mass is 1700 g/mol. The Balaban J connectivity index is 0.00000408. The number of hydrogen-bond acceptors (Lipinski definition) is 14. The molecule has 4 nitrogen and oxygen atoms in total. The van der Waals surface area contributed by atoms with Gasteiger partial charge < -0.3 is 0 Å². The van der Waals surface area contributed by atoms with E-state index in [2.05, 4.69) is 151 Å². The van der Waals surface area contributed by atoms with Crippen LogP contribution in [-0.4, -0.2) is 17.5 Å². The second-order valence-electron chi connectivity index (χ2n) is 23.9. The van der Waals surface area contributed by atoms with Gasteiger partial charge in [-0.25, -0.2) is 8.75 Å². The maximum absolute atomic E-state index is 5.12. The molecule has 10 heterocycles. The zero-order valence-corrected chi connectivity index (χ0v) is 65.8. The van der Waals surface area contributed by atoms with Gasteiger partial charge in [-0.3, -0.25) is 0 Å². The molecule has 2 unspecified atom stereocenters. The Morgan fingerprint density at radius 2 is 0.719 bits per heavy atom. The summed E-state index contributed by atoms with van der Waals surface area (Å²) in [4.78, 5) is 21.5. The Hall–Kier alpha value is -2.94. The van der Waals surface area contributed by atoms with Crippen molar-refractivity contribution in [3.63, 3.8) is 0 Å². The predicted molar refractivity (Wildman–Crippen MR) is 390 cm³/mol. The van der Waals surface area contributed by atoms with E-state index >= 15 is 0 Å². The van der Waals surface area contributed by atoms with Crippen molar-refractivity contribution in [2.75, 3.05) is 0 Å². The molecule has 16 heteroatoms. The minimum atomic E-state index is -0.118. The van der Waals surface area contributed by atoms with E-state index in [1.165, 1.54) is 228 Å². The van der Waals surface area contributed by atoms with E-state index in [0.29, 0.717) is 11.8 Å². The Labute approximate surface area is 597 Å². The fourth-order valence-electron chi connectivity index (χ4n) is 13.2. The van der Waals surface area contributed by atoms with Crippen LogP contribution < -0.4 is 0 Å². The molecule has 0 aliphatic heterocycles. The van der Waals surface area contributed by atoms with Crippen LogP contribution in [0, 0.1) is 24.0 Å². The Kier molecular flexibility index (Phi) is 23.6. The molecule has 10 aromatic heterocycles. The first kappa shape index (κ1) is 67.5. The molecule has 0 bridgehead atoms. The Morgan fingerprint density at radius 3 is 1.10 bits per heavy atom. The molecule has 12 aromatic rings. The molecule has 0 fully saturated rings. The van der Waals surface area contributed by atoms with Crippen LogP contribution in [0.25, 0.3) is 113 Å². The molecule has 1 aliphatic carbocycles. The van der Waals surface area contributed by atoms with Gasteiger partial charge in [0.15, 0.2) is 0 Å². The van der Waals surface area contributed by atoms with Crippen molar-refractivity contribution in [3.05, 3.63) is 130 Å². The zero-order chi connectivity index (χ0) is 59.4. The fourth-order valence-corrected chi connectivity index (χ4v) is 23.5. The first-order valence-electron chi connectivity index (χ1n) is 32.0. The Bertz CT molecular complexity index is 3970. The summed E-state index contributed by atoms with van der Waals surface area (Å²) in [6, 6.07) is 45.1. The third kappa shape index (κ3) is 14.2. The molecule has 0 spiro atoms. The number of thiophene rings is 8. The summed E-state index contributed by atoms with van der Waals surface area (Å²) >= 11 is 18.0. The van der Waals surface area contributed by atoms with Crippen molar-refractivity contribution < 1.29 is 42.1 Å². The molecule has 462 valence electrons. The number of nitrogens with zero attached hydrogens (tertiary/aromatic N) is 4. The largest absolute Gasteiger partial charge is 0.224 e. The van der Waals surface area contributed by atoms with Crippen molar-refractivity contribution in [2.45, 2.75) is 175 Å². The van der Waals surface area contributed by atoms with Crippen LogP contribution in [-0.2, 0) is 60.4 Å². The number of aromatic nitrogens is 4. The number of benzene rings is 2. The van der Waals surface area contributed by atoms with Gasteiger partial charge >= 0.3 is 0 Å². The molecule has 0 amide bonds. The summed E-state index contributed by atoms with van der Waals surface area (Å²) in [6.07, 6.45) is 25.0. The third-order valence-electron chi connectivity index (χ3n) is 18.0. The van der Waals surface area contributed by atoms with Gasteiger partial charge in [0, 0.05) is 128 Å². The van der Waals surface area contributed by atoms with Crippen molar-refractivity contribution in [2.24, 2.45) is 11.8 Å². The number of rotatable bonds is 30. The molecule has 0 N–H and O–H groups in total. The van der Waals surface area contributed by atoms with Crippen LogP contribution in [0.2, 0.25) is 0 Å². The molecule has 2 atom stereocenters. The predicted octanol–water partition coefficient (Wildman–Crippen LogP) is 26.8. The minimum Gasteiger partial charge on any atom is -0.224 e. The first-order chi connectivity index (χ1) is 42.8. The molecule has 0 radical (unpaired) electrons. The van der Waals surface area contributed by atoms with E-state index in [0.717, 1.165) is 57.2 Å². The number of unbranched alkanes of at least 4 members (excludes halogenated alkanes) is 8. The van der Waals surface area contributed by atoms with Crippen molar-refractivity contribution in [1.82, 2.24) is 17.5 Å². The Morgan fingerprint density at radius 1 is 0.371 bits per heavy atom. The summed E-state index contributed by atoms with van der Waals surface area (Å²) in [5.74, 6) is 1.25. The molecule has 2 aromatic carbocycles. The van der Waals surface area contributed by atoms with Crippen LogP contribution in [0.15, 0.2) is 97.1 Å². The van der Waals surface area contributed by atoms with Crippen molar-refractivity contribution in [1.29, 1.82) is 0 Å². The molecule has 89 heavy (non-hydrogen) atoms. The summed E-state index contributed by atoms with van der Waals surface area (Å²) < 4.78 is 20.3. The molecule has 13 rings (SSSR count). The summed E-state index contributed by atoms with van der Waals surface area (Å²) in [6.45, 7) is 14.2. The normalized spacial score (nSPS) is 13.3. The van der Waals surface area contributed by atoms with Gasteiger partial charge in [-0.2, -0.15) is 31.4 Å². The third-order valence-corrected chi connectivity index (χ3v) is 29.0. The van der Waals surface area contributed by atoms with Crippen LogP contribution >= 0.6 is 114 Å². The van der Waals surface area contributed by atoms with E-state index in [1.54, 1.807) is 0 Å². The van der Waals surface area contributed by atoms with Gasteiger partial charge in [-0.15, -0.1) is 103 Å². The van der Waals surface area contributed by atoms with E-state index in [1.807, 2.05) is 90.7 Å². The quantitative estimate of drug-likeness (QED) is 0.0333. The summed E-state index contributed by atoms with van der Waals surface area (Å²) in [5.41, 5.74) is 11.2. The van der Waals surface area contributed by atoms with Crippen molar-refractivity contribution in [3.8, 4) is 90.5 Å². The minimum absolute atomic E-state index is 0. The number of aryl methyl sites for hydroxylation is 2. The van der Waals surface area contributed by atoms with Gasteiger partial charge in [0.05, 0.1) is 23.5 Å². The maximum Gasteiger partial charge on any atom is 0.0572 e. The maximum atomic E-state index is 5.12. The molecular formula is C73H76N4S10W2-2. The van der Waals surface area contributed by atoms with Gasteiger partial charge in [0.2, 0.25) is 0 Å². The van der Waals surface area contributed by atoms with E-state index in [-0.39, 0.29) is 47.5 Å². The topological polar surface area (TPSA) is 51.6 Å². The van der Waals surface area contributed by atoms with Gasteiger partial charge in [0.25, 0.3) is 0 Å².